The lowest BCUT2D eigenvalue weighted by Gasteiger charge is -2.25. The predicted molar refractivity (Wildman–Crippen MR) is 142 cm³/mol. The number of hydrogen-bond acceptors (Lipinski definition) is 5. The van der Waals surface area contributed by atoms with Crippen molar-refractivity contribution < 1.29 is 27.8 Å². The second-order valence-electron chi connectivity index (χ2n) is 8.89. The van der Waals surface area contributed by atoms with E-state index >= 15 is 0 Å². The Hall–Kier alpha value is -3.85. The summed E-state index contributed by atoms with van der Waals surface area (Å²) in [5, 5.41) is 4.45. The van der Waals surface area contributed by atoms with Gasteiger partial charge in [0.25, 0.3) is 5.91 Å². The number of nitrogens with one attached hydrogen (secondary N) is 1. The van der Waals surface area contributed by atoms with Crippen LogP contribution in [0.15, 0.2) is 65.3 Å². The van der Waals surface area contributed by atoms with Crippen LogP contribution in [0.1, 0.15) is 27.9 Å². The summed E-state index contributed by atoms with van der Waals surface area (Å²) < 4.78 is 40.2. The average molecular weight is 581 g/mol. The first kappa shape index (κ1) is 25.8. The van der Waals surface area contributed by atoms with Gasteiger partial charge in [0.15, 0.2) is 0 Å². The van der Waals surface area contributed by atoms with E-state index in [4.69, 9.17) is 9.47 Å². The van der Waals surface area contributed by atoms with Crippen molar-refractivity contribution in [3.63, 3.8) is 0 Å². The highest BCUT2D eigenvalue weighted by Gasteiger charge is 2.29. The minimum absolute atomic E-state index is 0.0484. The molecule has 0 radical (unpaired) electrons. The smallest absolute Gasteiger partial charge is 0.328 e. The highest BCUT2D eigenvalue weighted by molar-refractivity contribution is 9.10. The molecule has 0 unspecified atom stereocenters. The number of carbonyl (C=O) groups excluding carboxylic acids is 2. The van der Waals surface area contributed by atoms with Crippen molar-refractivity contribution in [3.05, 3.63) is 93.6 Å². The Morgan fingerprint density at radius 2 is 1.87 bits per heavy atom. The molecule has 38 heavy (non-hydrogen) atoms. The maximum atomic E-state index is 14.2. The zero-order valence-electron chi connectivity index (χ0n) is 20.4. The molecule has 0 spiro atoms. The van der Waals surface area contributed by atoms with Crippen LogP contribution in [0.5, 0.6) is 5.75 Å². The molecular formula is C29H23BrF2N2O4. The van der Waals surface area contributed by atoms with E-state index < -0.39 is 35.1 Å². The molecule has 0 fully saturated rings. The number of amides is 1. The second-order valence-corrected chi connectivity index (χ2v) is 9.68. The van der Waals surface area contributed by atoms with E-state index in [1.807, 2.05) is 42.6 Å². The van der Waals surface area contributed by atoms with Gasteiger partial charge in [-0.05, 0) is 63.5 Å². The maximum Gasteiger partial charge on any atom is 0.328 e. The number of nitrogens with zero attached hydrogens (tertiary/aromatic N) is 1. The SMILES string of the molecule is COC(=O)[C@H](Cc1ccc(-c2ncc3ccccc3c2Br)c2c1CCCO2)NC(=O)c1c(F)cccc1F. The molecule has 1 aliphatic heterocycles. The van der Waals surface area contributed by atoms with Gasteiger partial charge in [-0.3, -0.25) is 9.78 Å². The van der Waals surface area contributed by atoms with Crippen molar-refractivity contribution in [1.29, 1.82) is 0 Å². The molecule has 2 heterocycles. The number of pyridine rings is 1. The van der Waals surface area contributed by atoms with Crippen molar-refractivity contribution in [2.24, 2.45) is 0 Å². The summed E-state index contributed by atoms with van der Waals surface area (Å²) in [6.07, 6.45) is 3.31. The largest absolute Gasteiger partial charge is 0.493 e. The number of hydrogen-bond donors (Lipinski definition) is 1. The van der Waals surface area contributed by atoms with E-state index in [0.29, 0.717) is 18.8 Å². The minimum atomic E-state index is -1.17. The van der Waals surface area contributed by atoms with Crippen molar-refractivity contribution in [1.82, 2.24) is 10.3 Å². The molecule has 4 aromatic rings. The third-order valence-corrected chi connectivity index (χ3v) is 7.38. The van der Waals surface area contributed by atoms with Crippen molar-refractivity contribution >= 4 is 38.6 Å². The Kier molecular flexibility index (Phi) is 7.37. The zero-order chi connectivity index (χ0) is 26.8. The molecule has 1 N–H and O–H groups in total. The molecule has 194 valence electrons. The fraction of sp³-hybridized carbons (Fsp3) is 0.207. The van der Waals surface area contributed by atoms with Crippen molar-refractivity contribution in [3.8, 4) is 17.0 Å². The van der Waals surface area contributed by atoms with E-state index in [1.165, 1.54) is 7.11 Å². The average Bonchev–Trinajstić information content (AvgIpc) is 2.93. The predicted octanol–water partition coefficient (Wildman–Crippen LogP) is 5.78. The molecule has 1 aliphatic rings. The third-order valence-electron chi connectivity index (χ3n) is 6.57. The van der Waals surface area contributed by atoms with Gasteiger partial charge < -0.3 is 14.8 Å². The van der Waals surface area contributed by atoms with Crippen molar-refractivity contribution in [2.75, 3.05) is 13.7 Å². The van der Waals surface area contributed by atoms with Crippen LogP contribution in [0.3, 0.4) is 0 Å². The molecule has 6 nitrogen and oxygen atoms in total. The van der Waals surface area contributed by atoms with E-state index in [1.54, 1.807) is 0 Å². The van der Waals surface area contributed by atoms with Gasteiger partial charge in [0.05, 0.1) is 23.9 Å². The van der Waals surface area contributed by atoms with Gasteiger partial charge in [-0.1, -0.05) is 36.4 Å². The van der Waals surface area contributed by atoms with Crippen LogP contribution in [-0.4, -0.2) is 36.6 Å². The number of aromatic nitrogens is 1. The molecule has 1 aromatic heterocycles. The molecule has 1 atom stereocenters. The van der Waals surface area contributed by atoms with Crippen LogP contribution in [-0.2, 0) is 22.4 Å². The zero-order valence-corrected chi connectivity index (χ0v) is 22.0. The Morgan fingerprint density at radius 3 is 2.63 bits per heavy atom. The number of fused-ring (bicyclic) bond motifs is 2. The molecule has 0 bridgehead atoms. The molecule has 0 saturated heterocycles. The summed E-state index contributed by atoms with van der Waals surface area (Å²) in [5.74, 6) is -3.15. The highest BCUT2D eigenvalue weighted by Crippen LogP contribution is 2.42. The highest BCUT2D eigenvalue weighted by atomic mass is 79.9. The van der Waals surface area contributed by atoms with Gasteiger partial charge in [-0.25, -0.2) is 13.6 Å². The lowest BCUT2D eigenvalue weighted by molar-refractivity contribution is -0.142. The summed E-state index contributed by atoms with van der Waals surface area (Å²) in [4.78, 5) is 30.0. The first-order chi connectivity index (χ1) is 18.4. The molecule has 1 amide bonds. The van der Waals surface area contributed by atoms with E-state index in [9.17, 15) is 18.4 Å². The fourth-order valence-corrected chi connectivity index (χ4v) is 5.40. The topological polar surface area (TPSA) is 77.5 Å². The number of halogens is 3. The fourth-order valence-electron chi connectivity index (χ4n) is 4.72. The third kappa shape index (κ3) is 4.86. The first-order valence-electron chi connectivity index (χ1n) is 12.0. The Morgan fingerprint density at radius 1 is 1.11 bits per heavy atom. The summed E-state index contributed by atoms with van der Waals surface area (Å²) in [7, 11) is 1.19. The number of carbonyl (C=O) groups is 2. The van der Waals surface area contributed by atoms with E-state index in [2.05, 4.69) is 26.2 Å². The number of esters is 1. The van der Waals surface area contributed by atoms with Crippen LogP contribution in [0.2, 0.25) is 0 Å². The molecule has 3 aromatic carbocycles. The van der Waals surface area contributed by atoms with Gasteiger partial charge >= 0.3 is 5.97 Å². The van der Waals surface area contributed by atoms with Gasteiger partial charge in [-0.2, -0.15) is 0 Å². The molecular weight excluding hydrogens is 558 g/mol. The standard InChI is InChI=1S/C29H23BrF2N2O4/c1-37-29(36)23(34-28(35)24-21(31)9-4-10-22(24)32)14-16-11-12-20(27-19(16)8-5-13-38-27)26-25(30)18-7-3-2-6-17(18)15-33-26/h2-4,6-7,9-12,15,23H,5,8,13-14H2,1H3,(H,34,35)/t23-/m0/s1. The summed E-state index contributed by atoms with van der Waals surface area (Å²) in [6.45, 7) is 0.526. The van der Waals surface area contributed by atoms with Gasteiger partial charge in [0.2, 0.25) is 0 Å². The van der Waals surface area contributed by atoms with Gasteiger partial charge in [0, 0.05) is 23.6 Å². The number of benzene rings is 3. The Bertz CT molecular complexity index is 1540. The number of rotatable bonds is 6. The number of ether oxygens (including phenoxy) is 2. The van der Waals surface area contributed by atoms with Crippen LogP contribution in [0.25, 0.3) is 22.0 Å². The molecule has 0 aliphatic carbocycles. The van der Waals surface area contributed by atoms with Crippen LogP contribution >= 0.6 is 15.9 Å². The second kappa shape index (κ2) is 10.9. The Balaban J connectivity index is 1.51. The van der Waals surface area contributed by atoms with Crippen LogP contribution in [0.4, 0.5) is 8.78 Å². The van der Waals surface area contributed by atoms with E-state index in [-0.39, 0.29) is 6.42 Å². The molecule has 5 rings (SSSR count). The lowest BCUT2D eigenvalue weighted by atomic mass is 9.91. The maximum absolute atomic E-state index is 14.2. The molecule has 9 heteroatoms. The van der Waals surface area contributed by atoms with Gasteiger partial charge in [0.1, 0.15) is 29.0 Å². The monoisotopic (exact) mass is 580 g/mol. The lowest BCUT2D eigenvalue weighted by Crippen LogP contribution is -2.43. The molecule has 0 saturated carbocycles. The Labute approximate surface area is 226 Å². The van der Waals surface area contributed by atoms with Crippen LogP contribution < -0.4 is 10.1 Å². The van der Waals surface area contributed by atoms with Crippen LogP contribution in [0, 0.1) is 11.6 Å². The first-order valence-corrected chi connectivity index (χ1v) is 12.8. The summed E-state index contributed by atoms with van der Waals surface area (Å²) >= 11 is 3.71. The van der Waals surface area contributed by atoms with Gasteiger partial charge in [-0.15, -0.1) is 0 Å². The normalized spacial score (nSPS) is 13.4. The van der Waals surface area contributed by atoms with E-state index in [0.717, 1.165) is 62.2 Å². The number of methoxy groups -OCH3 is 1. The van der Waals surface area contributed by atoms with Crippen molar-refractivity contribution in [2.45, 2.75) is 25.3 Å². The summed E-state index contributed by atoms with van der Waals surface area (Å²) in [5.41, 5.74) is 2.41. The summed E-state index contributed by atoms with van der Waals surface area (Å²) in [6, 6.07) is 13.6. The quantitative estimate of drug-likeness (QED) is 0.292. The minimum Gasteiger partial charge on any atom is -0.493 e.